The van der Waals surface area contributed by atoms with E-state index in [0.29, 0.717) is 18.5 Å². The number of hydrogen-bond donors (Lipinski definition) is 2. The van der Waals surface area contributed by atoms with Crippen molar-refractivity contribution in [2.45, 2.75) is 13.0 Å². The molecule has 0 unspecified atom stereocenters. The molecule has 28 heavy (non-hydrogen) atoms. The summed E-state index contributed by atoms with van der Waals surface area (Å²) in [6.45, 7) is -2.70. The second-order valence-electron chi connectivity index (χ2n) is 5.70. The lowest BCUT2D eigenvalue weighted by Crippen LogP contribution is -2.23. The lowest BCUT2D eigenvalue weighted by molar-refractivity contribution is -0.116. The van der Waals surface area contributed by atoms with Crippen molar-refractivity contribution in [3.05, 3.63) is 65.2 Å². The molecule has 0 fully saturated rings. The summed E-state index contributed by atoms with van der Waals surface area (Å²) < 4.78 is 34.7. The van der Waals surface area contributed by atoms with Crippen molar-refractivity contribution in [1.29, 1.82) is 0 Å². The quantitative estimate of drug-likeness (QED) is 0.644. The summed E-state index contributed by atoms with van der Waals surface area (Å²) >= 11 is 0. The van der Waals surface area contributed by atoms with Crippen LogP contribution in [0.15, 0.2) is 48.5 Å². The summed E-state index contributed by atoms with van der Waals surface area (Å²) in [5, 5.41) is 2.68. The van der Waals surface area contributed by atoms with E-state index in [1.54, 1.807) is 24.3 Å². The minimum Gasteiger partial charge on any atom is -0.493 e. The van der Waals surface area contributed by atoms with Gasteiger partial charge in [0.05, 0.1) is 7.11 Å². The molecule has 0 spiro atoms. The Hall–Kier alpha value is -3.42. The molecule has 0 radical (unpaired) electrons. The van der Waals surface area contributed by atoms with Crippen LogP contribution in [0.1, 0.15) is 21.5 Å². The van der Waals surface area contributed by atoms with Crippen LogP contribution in [0, 0.1) is 0 Å². The van der Waals surface area contributed by atoms with Gasteiger partial charge in [0.1, 0.15) is 0 Å². The van der Waals surface area contributed by atoms with E-state index < -0.39 is 18.4 Å². The van der Waals surface area contributed by atoms with Crippen molar-refractivity contribution < 1.29 is 27.8 Å². The SMILES string of the molecule is COc1cccc(/C=C\C(=O)NCCc2cccc(C(N)=O)c2)c1OC(F)F. The van der Waals surface area contributed by atoms with Gasteiger partial charge in [-0.3, -0.25) is 9.59 Å². The molecular weight excluding hydrogens is 370 g/mol. The van der Waals surface area contributed by atoms with Crippen molar-refractivity contribution >= 4 is 17.9 Å². The third-order valence-electron chi connectivity index (χ3n) is 3.77. The first-order chi connectivity index (χ1) is 13.4. The van der Waals surface area contributed by atoms with E-state index in [-0.39, 0.29) is 17.1 Å². The number of carbonyl (C=O) groups excluding carboxylic acids is 2. The van der Waals surface area contributed by atoms with E-state index in [9.17, 15) is 18.4 Å². The lowest BCUT2D eigenvalue weighted by Gasteiger charge is -2.12. The van der Waals surface area contributed by atoms with E-state index in [4.69, 9.17) is 10.5 Å². The number of ether oxygens (including phenoxy) is 2. The summed E-state index contributed by atoms with van der Waals surface area (Å²) in [6.07, 6.45) is 3.08. The fourth-order valence-electron chi connectivity index (χ4n) is 2.47. The van der Waals surface area contributed by atoms with E-state index in [1.165, 1.54) is 31.4 Å². The molecule has 8 heteroatoms. The first kappa shape index (κ1) is 20.9. The van der Waals surface area contributed by atoms with Crippen LogP contribution < -0.4 is 20.5 Å². The third-order valence-corrected chi connectivity index (χ3v) is 3.77. The van der Waals surface area contributed by atoms with Gasteiger partial charge in [-0.1, -0.05) is 24.3 Å². The number of rotatable bonds is 9. The zero-order chi connectivity index (χ0) is 20.5. The van der Waals surface area contributed by atoms with Crippen molar-refractivity contribution in [2.75, 3.05) is 13.7 Å². The predicted molar refractivity (Wildman–Crippen MR) is 100 cm³/mol. The van der Waals surface area contributed by atoms with Gasteiger partial charge < -0.3 is 20.5 Å². The smallest absolute Gasteiger partial charge is 0.387 e. The monoisotopic (exact) mass is 390 g/mol. The van der Waals surface area contributed by atoms with Crippen molar-refractivity contribution in [2.24, 2.45) is 5.73 Å². The molecule has 0 atom stereocenters. The van der Waals surface area contributed by atoms with Crippen molar-refractivity contribution in [3.63, 3.8) is 0 Å². The Kier molecular flexibility index (Phi) is 7.50. The van der Waals surface area contributed by atoms with Crippen LogP contribution in [0.4, 0.5) is 8.78 Å². The Bertz CT molecular complexity index is 869. The second kappa shape index (κ2) is 10.1. The third kappa shape index (κ3) is 6.08. The highest BCUT2D eigenvalue weighted by atomic mass is 19.3. The number of alkyl halides is 2. The lowest BCUT2D eigenvalue weighted by atomic mass is 10.1. The highest BCUT2D eigenvalue weighted by molar-refractivity contribution is 5.93. The van der Waals surface area contributed by atoms with Crippen LogP contribution in [0.3, 0.4) is 0 Å². The maximum absolute atomic E-state index is 12.6. The van der Waals surface area contributed by atoms with Crippen LogP contribution in [0.2, 0.25) is 0 Å². The average molecular weight is 390 g/mol. The predicted octanol–water partition coefficient (Wildman–Crippen LogP) is 2.77. The largest absolute Gasteiger partial charge is 0.493 e. The molecule has 2 amide bonds. The molecule has 6 nitrogen and oxygen atoms in total. The van der Waals surface area contributed by atoms with Gasteiger partial charge >= 0.3 is 6.61 Å². The van der Waals surface area contributed by atoms with Crippen LogP contribution in [-0.4, -0.2) is 32.1 Å². The number of primary amides is 1. The Morgan fingerprint density at radius 1 is 1.21 bits per heavy atom. The van der Waals surface area contributed by atoms with Gasteiger partial charge in [-0.25, -0.2) is 0 Å². The molecule has 148 valence electrons. The van der Waals surface area contributed by atoms with Gasteiger partial charge in [0.25, 0.3) is 0 Å². The van der Waals surface area contributed by atoms with Crippen LogP contribution in [-0.2, 0) is 11.2 Å². The number of amides is 2. The van der Waals surface area contributed by atoms with Gasteiger partial charge in [0.2, 0.25) is 11.8 Å². The highest BCUT2D eigenvalue weighted by Crippen LogP contribution is 2.33. The molecular formula is C20H20F2N2O4. The normalized spacial score (nSPS) is 10.9. The molecule has 0 heterocycles. The number of methoxy groups -OCH3 is 1. The Morgan fingerprint density at radius 2 is 1.96 bits per heavy atom. The number of hydrogen-bond acceptors (Lipinski definition) is 4. The minimum atomic E-state index is -3.02. The van der Waals surface area contributed by atoms with Gasteiger partial charge in [0, 0.05) is 23.7 Å². The standard InChI is InChI=1S/C20H20F2N2O4/c1-27-16-7-3-5-14(18(16)28-20(21)22)8-9-17(25)24-11-10-13-4-2-6-15(12-13)19(23)26/h2-9,12,20H,10-11H2,1H3,(H2,23,26)(H,24,25)/b9-8-. The molecule has 0 aromatic heterocycles. The summed E-state index contributed by atoms with van der Waals surface area (Å²) in [7, 11) is 1.33. The van der Waals surface area contributed by atoms with E-state index >= 15 is 0 Å². The van der Waals surface area contributed by atoms with Gasteiger partial charge in [0.15, 0.2) is 11.5 Å². The zero-order valence-electron chi connectivity index (χ0n) is 15.2. The summed E-state index contributed by atoms with van der Waals surface area (Å²) in [5.74, 6) is -0.935. The van der Waals surface area contributed by atoms with Crippen molar-refractivity contribution in [1.82, 2.24) is 5.32 Å². The number of nitrogens with two attached hydrogens (primary N) is 1. The van der Waals surface area contributed by atoms with Gasteiger partial charge in [-0.15, -0.1) is 0 Å². The van der Waals surface area contributed by atoms with Crippen molar-refractivity contribution in [3.8, 4) is 11.5 Å². The molecule has 0 saturated carbocycles. The molecule has 3 N–H and O–H groups in total. The number of para-hydroxylation sites is 1. The topological polar surface area (TPSA) is 90.6 Å². The molecule has 0 bridgehead atoms. The maximum atomic E-state index is 12.6. The number of halogens is 2. The Morgan fingerprint density at radius 3 is 2.64 bits per heavy atom. The second-order valence-corrected chi connectivity index (χ2v) is 5.70. The Labute approximate surface area is 160 Å². The summed E-state index contributed by atoms with van der Waals surface area (Å²) in [4.78, 5) is 23.1. The van der Waals surface area contributed by atoms with Crippen LogP contribution in [0.5, 0.6) is 11.5 Å². The van der Waals surface area contributed by atoms with E-state index in [0.717, 1.165) is 5.56 Å². The average Bonchev–Trinajstić information content (AvgIpc) is 2.67. The molecule has 0 saturated heterocycles. The fraction of sp³-hybridized carbons (Fsp3) is 0.200. The Balaban J connectivity index is 1.97. The molecule has 2 aromatic rings. The molecule has 2 aromatic carbocycles. The minimum absolute atomic E-state index is 0.136. The van der Waals surface area contributed by atoms with Gasteiger partial charge in [-0.2, -0.15) is 8.78 Å². The molecule has 0 aliphatic carbocycles. The summed E-state index contributed by atoms with van der Waals surface area (Å²) in [6, 6.07) is 11.4. The zero-order valence-corrected chi connectivity index (χ0v) is 15.2. The number of carbonyl (C=O) groups is 2. The highest BCUT2D eigenvalue weighted by Gasteiger charge is 2.14. The maximum Gasteiger partial charge on any atom is 0.387 e. The molecule has 0 aliphatic rings. The van der Waals surface area contributed by atoms with E-state index in [1.807, 2.05) is 6.07 Å². The molecule has 2 rings (SSSR count). The molecule has 0 aliphatic heterocycles. The van der Waals surface area contributed by atoms with Crippen LogP contribution >= 0.6 is 0 Å². The van der Waals surface area contributed by atoms with Crippen LogP contribution in [0.25, 0.3) is 6.08 Å². The first-order valence-electron chi connectivity index (χ1n) is 8.37. The summed E-state index contributed by atoms with van der Waals surface area (Å²) in [5.41, 5.74) is 6.76. The van der Waals surface area contributed by atoms with E-state index in [2.05, 4.69) is 10.1 Å². The number of nitrogens with one attached hydrogen (secondary N) is 1. The number of benzene rings is 2. The van der Waals surface area contributed by atoms with Gasteiger partial charge in [-0.05, 0) is 36.3 Å². The first-order valence-corrected chi connectivity index (χ1v) is 8.37. The fourth-order valence-corrected chi connectivity index (χ4v) is 2.47.